The summed E-state index contributed by atoms with van der Waals surface area (Å²) in [5, 5.41) is 28.5. The number of nitrogens with zero attached hydrogens (tertiary/aromatic N) is 13. The van der Waals surface area contributed by atoms with E-state index in [-0.39, 0.29) is 17.7 Å². The molecule has 16 heterocycles. The Morgan fingerprint density at radius 2 is 1.05 bits per heavy atom. The lowest BCUT2D eigenvalue weighted by Crippen LogP contribution is -2.51. The van der Waals surface area contributed by atoms with Gasteiger partial charge in [0.25, 0.3) is 17.7 Å². The Morgan fingerprint density at radius 3 is 1.62 bits per heavy atom. The van der Waals surface area contributed by atoms with Crippen molar-refractivity contribution in [2.45, 2.75) is 84.6 Å². The number of likely N-dealkylation sites (N-methyl/N-ethyl adjacent to an activating group) is 1. The highest BCUT2D eigenvalue weighted by Gasteiger charge is 2.34. The molecule has 23 heteroatoms. The number of piperidine rings is 1. The van der Waals surface area contributed by atoms with Crippen molar-refractivity contribution in [1.82, 2.24) is 69.7 Å². The predicted octanol–water partition coefficient (Wildman–Crippen LogP) is 12.3. The number of anilines is 9. The van der Waals surface area contributed by atoms with Crippen molar-refractivity contribution in [3.05, 3.63) is 209 Å². The molecule has 0 saturated carbocycles. The van der Waals surface area contributed by atoms with Crippen molar-refractivity contribution < 1.29 is 14.4 Å². The minimum Gasteiger partial charge on any atom is -0.370 e. The molecular weight excluding hydrogens is 1300 g/mol. The average Bonchev–Trinajstić information content (AvgIpc) is 1.58. The number of fused-ring (bicyclic) bond motifs is 8. The summed E-state index contributed by atoms with van der Waals surface area (Å²) in [6, 6.07) is 40.0. The smallest absolute Gasteiger partial charge is 0.254 e. The number of imidazole rings is 1. The Kier molecular flexibility index (Phi) is 17.4. The molecule has 2 atom stereocenters. The molecule has 104 heavy (non-hydrogen) atoms. The van der Waals surface area contributed by atoms with Gasteiger partial charge in [-0.1, -0.05) is 37.6 Å². The average molecular weight is 1390 g/mol. The third-order valence-electron chi connectivity index (χ3n) is 22.0. The summed E-state index contributed by atoms with van der Waals surface area (Å²) in [5.41, 5.74) is 22.0. The number of pyridine rings is 6. The molecule has 4 saturated heterocycles. The second-order valence-corrected chi connectivity index (χ2v) is 28.5. The molecule has 2 unspecified atom stereocenters. The predicted molar refractivity (Wildman–Crippen MR) is 410 cm³/mol. The number of piperazine rings is 2. The normalized spacial score (nSPS) is 17.6. The van der Waals surface area contributed by atoms with Gasteiger partial charge in [0.15, 0.2) is 0 Å². The number of aryl methyl sites for hydroxylation is 3. The van der Waals surface area contributed by atoms with E-state index in [2.05, 4.69) is 173 Å². The summed E-state index contributed by atoms with van der Waals surface area (Å²) in [7, 11) is 4.14. The summed E-state index contributed by atoms with van der Waals surface area (Å²) in [4.78, 5) is 71.1. The Balaban J connectivity index is 0.000000115. The minimum absolute atomic E-state index is 0.0596. The zero-order valence-corrected chi connectivity index (χ0v) is 59.2. The number of carbonyl (C=O) groups excluding carboxylic acids is 3. The van der Waals surface area contributed by atoms with Gasteiger partial charge in [-0.15, -0.1) is 0 Å². The number of aromatic nitrogens is 9. The second kappa shape index (κ2) is 27.6. The van der Waals surface area contributed by atoms with Crippen molar-refractivity contribution in [3.63, 3.8) is 0 Å². The number of hydrogen-bond acceptors (Lipinski definition) is 17. The summed E-state index contributed by atoms with van der Waals surface area (Å²) >= 11 is 0. The lowest BCUT2D eigenvalue weighted by atomic mass is 9.94. The largest absolute Gasteiger partial charge is 0.370 e. The van der Waals surface area contributed by atoms with Gasteiger partial charge in [0.1, 0.15) is 28.7 Å². The van der Waals surface area contributed by atoms with Crippen LogP contribution in [-0.4, -0.2) is 138 Å². The van der Waals surface area contributed by atoms with Gasteiger partial charge in [-0.05, 0) is 182 Å². The molecule has 4 fully saturated rings. The Morgan fingerprint density at radius 1 is 0.500 bits per heavy atom. The molecule has 7 aliphatic rings. The van der Waals surface area contributed by atoms with Crippen LogP contribution >= 0.6 is 0 Å². The molecule has 0 spiro atoms. The van der Waals surface area contributed by atoms with Crippen molar-refractivity contribution in [1.29, 1.82) is 0 Å². The zero-order chi connectivity index (χ0) is 70.7. The summed E-state index contributed by atoms with van der Waals surface area (Å²) < 4.78 is 6.02. The fourth-order valence-corrected chi connectivity index (χ4v) is 16.2. The number of nitrogens with one attached hydrogen (secondary N) is 7. The molecule has 19 rings (SSSR count). The first-order chi connectivity index (χ1) is 50.8. The van der Waals surface area contributed by atoms with Crippen LogP contribution in [0, 0.1) is 19.8 Å². The number of hydrogen-bond donors (Lipinski definition) is 7. The highest BCUT2D eigenvalue weighted by Crippen LogP contribution is 2.41. The topological polar surface area (TPSA) is 239 Å². The maximum absolute atomic E-state index is 12.9. The molecule has 9 aromatic heterocycles. The number of rotatable bonds is 13. The molecule has 0 aliphatic carbocycles. The molecule has 7 N–H and O–H groups in total. The maximum atomic E-state index is 12.9. The van der Waals surface area contributed by atoms with E-state index in [1.54, 1.807) is 0 Å². The van der Waals surface area contributed by atoms with E-state index in [1.165, 1.54) is 37.7 Å². The third-order valence-corrected chi connectivity index (χ3v) is 22.0. The molecule has 3 amide bonds. The Hall–Kier alpha value is -11.7. The van der Waals surface area contributed by atoms with Crippen LogP contribution in [0.2, 0.25) is 0 Å². The van der Waals surface area contributed by atoms with Gasteiger partial charge in [0.2, 0.25) is 0 Å². The summed E-state index contributed by atoms with van der Waals surface area (Å²) in [6.07, 6.45) is 21.7. The summed E-state index contributed by atoms with van der Waals surface area (Å²) in [5.74, 6) is 2.84. The number of amides is 3. The molecular formula is C81H84N20O3. The van der Waals surface area contributed by atoms with Crippen LogP contribution in [-0.2, 0) is 26.7 Å². The molecule has 2 bridgehead atoms. The van der Waals surface area contributed by atoms with Gasteiger partial charge in [-0.25, -0.2) is 29.4 Å². The number of benzene rings is 3. The highest BCUT2D eigenvalue weighted by molar-refractivity contribution is 6.09. The van der Waals surface area contributed by atoms with E-state index >= 15 is 0 Å². The van der Waals surface area contributed by atoms with Crippen LogP contribution in [0.15, 0.2) is 165 Å². The van der Waals surface area contributed by atoms with Gasteiger partial charge < -0.3 is 61.4 Å². The molecule has 12 aromatic rings. The van der Waals surface area contributed by atoms with E-state index in [1.807, 2.05) is 127 Å². The van der Waals surface area contributed by atoms with E-state index in [9.17, 15) is 14.4 Å². The van der Waals surface area contributed by atoms with Crippen molar-refractivity contribution in [3.8, 4) is 33.5 Å². The third kappa shape index (κ3) is 12.6. The van der Waals surface area contributed by atoms with Gasteiger partial charge in [0.05, 0.1) is 93.0 Å². The van der Waals surface area contributed by atoms with Crippen molar-refractivity contribution >= 4 is 91.5 Å². The quantitative estimate of drug-likeness (QED) is 0.0568. The van der Waals surface area contributed by atoms with E-state index in [0.29, 0.717) is 48.4 Å². The monoisotopic (exact) mass is 1380 g/mol. The standard InChI is InChI=1S/C28H30N6O.C27H27N7O.C26H27N7O/c1-3-19-9-11-33(12-10-19)20-4-7-25(29-15-20)32-23-6-5-21(22-16-31-28(35)27(22)23)24-17-30-26-14-18(2)8-13-34(24)26;1-33-11-9-21-20(8-10-28-26(21)33)19-5-6-23(25-22(19)13-30-27(25)35)32-24-7-4-18(12-29-24)34-14-16-2-3-17(15-34)31-16;1-17-4-3-5-23-20(16-29-33(17)23)19-7-8-22(25-21(19)15-28-26(25)34)30-24-9-6-18(14-27-24)32-12-10-31(2)11-13-32/h4-8,13-15,17,19H,3,9-12,16H2,1-2H3,(H,29,32)(H,31,35);4-12,16-17,31H,2-3,13-15H2,1H3,(H,29,32)(H,30,35);3-9,14,16H,10-13,15H2,1-2H3,(H,27,30)(H,28,34). The molecule has 3 aromatic carbocycles. The van der Waals surface area contributed by atoms with E-state index < -0.39 is 0 Å². The fraction of sp³-hybridized carbons (Fsp3) is 0.296. The molecule has 526 valence electrons. The second-order valence-electron chi connectivity index (χ2n) is 28.5. The van der Waals surface area contributed by atoms with Crippen molar-refractivity contribution in [2.75, 3.05) is 90.1 Å². The van der Waals surface area contributed by atoms with E-state index in [0.717, 1.165) is 188 Å². The fourth-order valence-electron chi connectivity index (χ4n) is 16.2. The first-order valence-corrected chi connectivity index (χ1v) is 36.3. The Bertz CT molecular complexity index is 5270. The van der Waals surface area contributed by atoms with Gasteiger partial charge in [0, 0.05) is 132 Å². The van der Waals surface area contributed by atoms with Crippen LogP contribution in [0.4, 0.5) is 51.6 Å². The van der Waals surface area contributed by atoms with Gasteiger partial charge in [-0.3, -0.25) is 18.8 Å². The van der Waals surface area contributed by atoms with Gasteiger partial charge in [-0.2, -0.15) is 5.10 Å². The minimum atomic E-state index is -0.0685. The van der Waals surface area contributed by atoms with Crippen LogP contribution in [0.1, 0.15) is 98.0 Å². The SMILES string of the molecule is CCC1CCN(c2ccc(Nc3ccc(-c4cnc5cc(C)ccn45)c4c3C(=O)NC4)nc2)CC1.Cc1cccc2c(-c3ccc(Nc4ccc(N5CCN(C)CC5)cn4)c4c3CNC4=O)cnn12.Cn1ccc2c(-c3ccc(Nc4ccc(N5CC6CCC(C5)N6)cn4)c4c3CNC4=O)ccnc21. The maximum Gasteiger partial charge on any atom is 0.254 e. The van der Waals surface area contributed by atoms with Crippen LogP contribution in [0.25, 0.3) is 55.7 Å². The zero-order valence-electron chi connectivity index (χ0n) is 59.2. The lowest BCUT2D eigenvalue weighted by Gasteiger charge is -2.34. The number of carbonyl (C=O) groups is 3. The highest BCUT2D eigenvalue weighted by atomic mass is 16.2. The van der Waals surface area contributed by atoms with Crippen molar-refractivity contribution in [2.24, 2.45) is 13.0 Å². The summed E-state index contributed by atoms with van der Waals surface area (Å²) in [6.45, 7) is 16.2. The molecule has 7 aliphatic heterocycles. The molecule has 0 radical (unpaired) electrons. The molecule has 23 nitrogen and oxygen atoms in total. The van der Waals surface area contributed by atoms with Crippen LogP contribution in [0.3, 0.4) is 0 Å². The first-order valence-electron chi connectivity index (χ1n) is 36.3. The van der Waals surface area contributed by atoms with Crippen LogP contribution < -0.4 is 51.9 Å². The van der Waals surface area contributed by atoms with Gasteiger partial charge >= 0.3 is 0 Å². The van der Waals surface area contributed by atoms with E-state index in [4.69, 9.17) is 0 Å². The Labute approximate surface area is 603 Å². The lowest BCUT2D eigenvalue weighted by molar-refractivity contribution is 0.0958. The van der Waals surface area contributed by atoms with Crippen LogP contribution in [0.5, 0.6) is 0 Å². The first kappa shape index (κ1) is 65.6.